The van der Waals surface area contributed by atoms with Crippen molar-refractivity contribution in [3.63, 3.8) is 0 Å². The van der Waals surface area contributed by atoms with Crippen LogP contribution in [0.3, 0.4) is 0 Å². The highest BCUT2D eigenvalue weighted by Gasteiger charge is 2.39. The summed E-state index contributed by atoms with van der Waals surface area (Å²) in [6.45, 7) is 3.69. The maximum atomic E-state index is 13.0. The number of likely N-dealkylation sites (tertiary alicyclic amines) is 1. The summed E-state index contributed by atoms with van der Waals surface area (Å²) >= 11 is 0. The molecule has 2 aromatic rings. The molecule has 172 valence electrons. The van der Waals surface area contributed by atoms with E-state index in [2.05, 4.69) is 52.7 Å². The summed E-state index contributed by atoms with van der Waals surface area (Å²) in [5.74, 6) is -0.198. The van der Waals surface area contributed by atoms with Gasteiger partial charge in [-0.1, -0.05) is 42.5 Å². The van der Waals surface area contributed by atoms with E-state index < -0.39 is 6.04 Å². The van der Waals surface area contributed by atoms with Crippen LogP contribution in [0.1, 0.15) is 71.5 Å². The molecule has 2 fully saturated rings. The summed E-state index contributed by atoms with van der Waals surface area (Å²) in [7, 11) is 0. The molecule has 0 spiro atoms. The third-order valence-electron chi connectivity index (χ3n) is 7.32. The van der Waals surface area contributed by atoms with E-state index in [1.54, 1.807) is 4.90 Å². The zero-order chi connectivity index (χ0) is 22.8. The van der Waals surface area contributed by atoms with E-state index in [1.807, 2.05) is 6.07 Å². The fourth-order valence-corrected chi connectivity index (χ4v) is 5.56. The van der Waals surface area contributed by atoms with E-state index in [9.17, 15) is 14.4 Å². The van der Waals surface area contributed by atoms with Crippen molar-refractivity contribution in [1.29, 1.82) is 0 Å². The molecule has 0 aromatic heterocycles. The van der Waals surface area contributed by atoms with Gasteiger partial charge in [-0.15, -0.1) is 0 Å². The van der Waals surface area contributed by atoms with Gasteiger partial charge < -0.3 is 4.90 Å². The predicted molar refractivity (Wildman–Crippen MR) is 125 cm³/mol. The summed E-state index contributed by atoms with van der Waals surface area (Å²) in [5.41, 5.74) is 4.39. The van der Waals surface area contributed by atoms with Gasteiger partial charge in [-0.05, 0) is 73.9 Å². The molecule has 6 heteroatoms. The molecular weight excluding hydrogens is 414 g/mol. The molecule has 1 unspecified atom stereocenters. The Balaban J connectivity index is 1.22. The quantitative estimate of drug-likeness (QED) is 0.730. The second kappa shape index (κ2) is 9.48. The molecule has 3 aliphatic rings. The van der Waals surface area contributed by atoms with E-state index >= 15 is 0 Å². The average Bonchev–Trinajstić information content (AvgIpc) is 3.12. The summed E-state index contributed by atoms with van der Waals surface area (Å²) in [6.07, 6.45) is 5.31. The number of imide groups is 1. The van der Waals surface area contributed by atoms with Gasteiger partial charge in [0.1, 0.15) is 6.04 Å². The van der Waals surface area contributed by atoms with Crippen molar-refractivity contribution in [2.45, 2.75) is 63.6 Å². The lowest BCUT2D eigenvalue weighted by Gasteiger charge is -2.29. The highest BCUT2D eigenvalue weighted by Crippen LogP contribution is 2.34. The number of amides is 3. The highest BCUT2D eigenvalue weighted by molar-refractivity contribution is 6.05. The van der Waals surface area contributed by atoms with E-state index in [4.69, 9.17) is 0 Å². The Bertz CT molecular complexity index is 1040. The van der Waals surface area contributed by atoms with Crippen LogP contribution in [0.25, 0.3) is 0 Å². The highest BCUT2D eigenvalue weighted by atomic mass is 16.2. The normalized spacial score (nSPS) is 22.6. The van der Waals surface area contributed by atoms with Crippen LogP contribution in [0.15, 0.2) is 48.5 Å². The lowest BCUT2D eigenvalue weighted by Crippen LogP contribution is -2.52. The van der Waals surface area contributed by atoms with Crippen LogP contribution in [0.2, 0.25) is 0 Å². The van der Waals surface area contributed by atoms with Crippen LogP contribution >= 0.6 is 0 Å². The van der Waals surface area contributed by atoms with E-state index in [0.717, 1.165) is 50.9 Å². The Hall–Kier alpha value is -2.99. The van der Waals surface area contributed by atoms with Gasteiger partial charge in [0.2, 0.25) is 11.8 Å². The number of nitrogens with one attached hydrogen (secondary N) is 1. The molecule has 6 nitrogen and oxygen atoms in total. The Morgan fingerprint density at radius 1 is 0.909 bits per heavy atom. The minimum Gasteiger partial charge on any atom is -0.322 e. The number of piperidine rings is 1. The Morgan fingerprint density at radius 3 is 2.39 bits per heavy atom. The first-order chi connectivity index (χ1) is 16.1. The molecule has 1 N–H and O–H groups in total. The number of benzene rings is 2. The topological polar surface area (TPSA) is 69.7 Å². The molecule has 3 amide bonds. The van der Waals surface area contributed by atoms with Gasteiger partial charge in [-0.3, -0.25) is 24.6 Å². The minimum absolute atomic E-state index is 0.0970. The second-order valence-electron chi connectivity index (χ2n) is 9.56. The third-order valence-corrected chi connectivity index (χ3v) is 7.32. The van der Waals surface area contributed by atoms with Crippen LogP contribution in [0.4, 0.5) is 0 Å². The van der Waals surface area contributed by atoms with Crippen LogP contribution < -0.4 is 5.32 Å². The molecule has 0 bridgehead atoms. The minimum atomic E-state index is -0.553. The number of fused-ring (bicyclic) bond motifs is 1. The SMILES string of the molecule is O=C1CCC(N2Cc3cc(C4CCCN(Cc5ccccc5)CCC4)ccc3C2=O)C(=O)N1. The molecule has 33 heavy (non-hydrogen) atoms. The zero-order valence-electron chi connectivity index (χ0n) is 19.0. The van der Waals surface area contributed by atoms with Gasteiger partial charge in [-0.25, -0.2) is 0 Å². The molecule has 0 aliphatic carbocycles. The lowest BCUT2D eigenvalue weighted by atomic mass is 9.87. The summed E-state index contributed by atoms with van der Waals surface area (Å²) in [6, 6.07) is 16.4. The predicted octanol–water partition coefficient (Wildman–Crippen LogP) is 3.61. The van der Waals surface area contributed by atoms with Crippen LogP contribution in [0.5, 0.6) is 0 Å². The molecule has 2 aromatic carbocycles. The van der Waals surface area contributed by atoms with Gasteiger partial charge in [0.25, 0.3) is 5.91 Å². The molecule has 5 rings (SSSR count). The maximum absolute atomic E-state index is 13.0. The van der Waals surface area contributed by atoms with Crippen LogP contribution in [0, 0.1) is 0 Å². The van der Waals surface area contributed by atoms with E-state index in [1.165, 1.54) is 11.1 Å². The van der Waals surface area contributed by atoms with Crippen molar-refractivity contribution in [3.8, 4) is 0 Å². The number of hydrogen-bond acceptors (Lipinski definition) is 4. The smallest absolute Gasteiger partial charge is 0.255 e. The standard InChI is InChI=1S/C27H31N3O3/c31-25-13-12-24(26(32)28-25)30-18-22-16-21(10-11-23(22)27(30)33)20-8-4-14-29(15-5-9-20)17-19-6-2-1-3-7-19/h1-3,6-7,10-11,16,20,24H,4-5,8-9,12-15,17-18H2,(H,28,31,32). The summed E-state index contributed by atoms with van der Waals surface area (Å²) < 4.78 is 0. The number of hydrogen-bond donors (Lipinski definition) is 1. The first-order valence-corrected chi connectivity index (χ1v) is 12.1. The number of carbonyl (C=O) groups excluding carboxylic acids is 3. The molecule has 0 radical (unpaired) electrons. The van der Waals surface area contributed by atoms with E-state index in [0.29, 0.717) is 24.4 Å². The van der Waals surface area contributed by atoms with Gasteiger partial charge >= 0.3 is 0 Å². The van der Waals surface area contributed by atoms with Gasteiger partial charge in [0.05, 0.1) is 0 Å². The summed E-state index contributed by atoms with van der Waals surface area (Å²) in [4.78, 5) is 40.9. The van der Waals surface area contributed by atoms with Crippen molar-refractivity contribution in [2.24, 2.45) is 0 Å². The first-order valence-electron chi connectivity index (χ1n) is 12.1. The fraction of sp³-hybridized carbons (Fsp3) is 0.444. The largest absolute Gasteiger partial charge is 0.322 e. The molecule has 3 heterocycles. The average molecular weight is 446 g/mol. The Morgan fingerprint density at radius 2 is 1.67 bits per heavy atom. The third kappa shape index (κ3) is 4.71. The Kier molecular flexibility index (Phi) is 6.27. The first kappa shape index (κ1) is 21.8. The van der Waals surface area contributed by atoms with Crippen LogP contribution in [-0.4, -0.2) is 46.7 Å². The zero-order valence-corrected chi connectivity index (χ0v) is 19.0. The molecule has 2 saturated heterocycles. The van der Waals surface area contributed by atoms with Crippen LogP contribution in [-0.2, 0) is 22.7 Å². The number of rotatable bonds is 4. The van der Waals surface area contributed by atoms with Crippen molar-refractivity contribution in [2.75, 3.05) is 13.1 Å². The molecule has 0 saturated carbocycles. The van der Waals surface area contributed by atoms with Crippen molar-refractivity contribution >= 4 is 17.7 Å². The Labute approximate surface area is 194 Å². The van der Waals surface area contributed by atoms with Crippen molar-refractivity contribution in [1.82, 2.24) is 15.1 Å². The molecule has 3 aliphatic heterocycles. The van der Waals surface area contributed by atoms with Gasteiger partial charge in [-0.2, -0.15) is 0 Å². The fourth-order valence-electron chi connectivity index (χ4n) is 5.56. The monoisotopic (exact) mass is 445 g/mol. The molecule has 1 atom stereocenters. The molecular formula is C27H31N3O3. The van der Waals surface area contributed by atoms with E-state index in [-0.39, 0.29) is 24.1 Å². The summed E-state index contributed by atoms with van der Waals surface area (Å²) in [5, 5.41) is 2.37. The number of carbonyl (C=O) groups is 3. The second-order valence-corrected chi connectivity index (χ2v) is 9.56. The maximum Gasteiger partial charge on any atom is 0.255 e. The van der Waals surface area contributed by atoms with Gasteiger partial charge in [0, 0.05) is 25.1 Å². The lowest BCUT2D eigenvalue weighted by molar-refractivity contribution is -0.136. The van der Waals surface area contributed by atoms with Gasteiger partial charge in [0.15, 0.2) is 0 Å². The van der Waals surface area contributed by atoms with Crippen molar-refractivity contribution in [3.05, 3.63) is 70.8 Å². The van der Waals surface area contributed by atoms with Crippen molar-refractivity contribution < 1.29 is 14.4 Å². The number of nitrogens with zero attached hydrogens (tertiary/aromatic N) is 2.